The van der Waals surface area contributed by atoms with Gasteiger partial charge in [-0.2, -0.15) is 0 Å². The van der Waals surface area contributed by atoms with E-state index >= 15 is 0 Å². The van der Waals surface area contributed by atoms with Crippen molar-refractivity contribution in [2.45, 2.75) is 12.6 Å². The normalized spacial score (nSPS) is 25.6. The lowest BCUT2D eigenvalue weighted by Crippen LogP contribution is -2.46. The van der Waals surface area contributed by atoms with Crippen LogP contribution in [0.3, 0.4) is 0 Å². The fourth-order valence-electron chi connectivity index (χ4n) is 1.53. The third-order valence-corrected chi connectivity index (χ3v) is 2.32. The summed E-state index contributed by atoms with van der Waals surface area (Å²) in [6.07, 6.45) is 2.91. The van der Waals surface area contributed by atoms with Crippen LogP contribution in [-0.4, -0.2) is 15.9 Å². The van der Waals surface area contributed by atoms with Gasteiger partial charge in [-0.25, -0.2) is 0 Å². The number of nitrogens with two attached hydrogens (primary N) is 1. The second-order valence-electron chi connectivity index (χ2n) is 3.36. The molecule has 3 N–H and O–H groups in total. The predicted molar refractivity (Wildman–Crippen MR) is 51.0 cm³/mol. The van der Waals surface area contributed by atoms with E-state index < -0.39 is 11.5 Å². The number of aliphatic hydroxyl groups is 1. The van der Waals surface area contributed by atoms with E-state index in [4.69, 9.17) is 5.73 Å². The summed E-state index contributed by atoms with van der Waals surface area (Å²) >= 11 is 0. The number of hydrogen-bond acceptors (Lipinski definition) is 4. The zero-order chi connectivity index (χ0) is 10.3. The van der Waals surface area contributed by atoms with Gasteiger partial charge in [0.2, 0.25) is 11.5 Å². The number of carbonyl (C=O) groups is 1. The molecule has 0 saturated heterocycles. The number of allylic oxidation sites excluding steroid dienone is 1. The molecule has 1 heterocycles. The van der Waals surface area contributed by atoms with Crippen LogP contribution in [0.25, 0.3) is 5.57 Å². The van der Waals surface area contributed by atoms with E-state index in [0.717, 1.165) is 5.57 Å². The average molecular weight is 190 g/mol. The molecule has 1 aromatic heterocycles. The van der Waals surface area contributed by atoms with Gasteiger partial charge in [-0.1, -0.05) is 6.07 Å². The second kappa shape index (κ2) is 2.73. The third-order valence-electron chi connectivity index (χ3n) is 2.32. The lowest BCUT2D eigenvalue weighted by Gasteiger charge is -2.26. The van der Waals surface area contributed by atoms with Crippen molar-refractivity contribution >= 4 is 11.4 Å². The van der Waals surface area contributed by atoms with E-state index in [1.807, 2.05) is 0 Å². The Morgan fingerprint density at radius 3 is 3.00 bits per heavy atom. The summed E-state index contributed by atoms with van der Waals surface area (Å²) in [5.41, 5.74) is 5.26. The first-order valence-corrected chi connectivity index (χ1v) is 4.23. The summed E-state index contributed by atoms with van der Waals surface area (Å²) < 4.78 is 0. The fraction of sp³-hybridized carbons (Fsp3) is 0.200. The summed E-state index contributed by atoms with van der Waals surface area (Å²) in [6.45, 7) is 1.76. The van der Waals surface area contributed by atoms with Crippen LogP contribution >= 0.6 is 0 Å². The molecule has 1 aromatic rings. The van der Waals surface area contributed by atoms with Gasteiger partial charge in [-0.05, 0) is 24.6 Å². The zero-order valence-corrected chi connectivity index (χ0v) is 7.69. The standard InChI is InChI=1S/C10H10N2O2/c1-6-5-8(13)10(11,14)7-3-2-4-12-9(6)7/h2-5,14H,11H2,1H3. The fourth-order valence-corrected chi connectivity index (χ4v) is 1.53. The van der Waals surface area contributed by atoms with Gasteiger partial charge >= 0.3 is 0 Å². The smallest absolute Gasteiger partial charge is 0.207 e. The number of pyridine rings is 1. The monoisotopic (exact) mass is 190 g/mol. The first-order valence-electron chi connectivity index (χ1n) is 4.23. The highest BCUT2D eigenvalue weighted by molar-refractivity contribution is 6.05. The first-order chi connectivity index (χ1) is 6.53. The van der Waals surface area contributed by atoms with E-state index in [-0.39, 0.29) is 0 Å². The molecule has 0 fully saturated rings. The number of hydrogen-bond donors (Lipinski definition) is 2. The van der Waals surface area contributed by atoms with Crippen LogP contribution in [0.1, 0.15) is 18.2 Å². The number of fused-ring (bicyclic) bond motifs is 1. The Morgan fingerprint density at radius 2 is 2.29 bits per heavy atom. The van der Waals surface area contributed by atoms with Gasteiger partial charge in [0.1, 0.15) is 0 Å². The van der Waals surface area contributed by atoms with Crippen LogP contribution in [0, 0.1) is 0 Å². The highest BCUT2D eigenvalue weighted by Gasteiger charge is 2.37. The Hall–Kier alpha value is -1.52. The Balaban J connectivity index is 2.73. The van der Waals surface area contributed by atoms with Crippen LogP contribution in [0.2, 0.25) is 0 Å². The topological polar surface area (TPSA) is 76.2 Å². The zero-order valence-electron chi connectivity index (χ0n) is 7.69. The highest BCUT2D eigenvalue weighted by atomic mass is 16.3. The minimum Gasteiger partial charge on any atom is -0.365 e. The number of carbonyl (C=O) groups excluding carboxylic acids is 1. The maximum Gasteiger partial charge on any atom is 0.207 e. The van der Waals surface area contributed by atoms with E-state index in [9.17, 15) is 9.90 Å². The molecule has 72 valence electrons. The van der Waals surface area contributed by atoms with Gasteiger partial charge in [-0.3, -0.25) is 15.5 Å². The highest BCUT2D eigenvalue weighted by Crippen LogP contribution is 2.29. The molecular weight excluding hydrogens is 180 g/mol. The Bertz CT molecular complexity index is 436. The molecule has 1 aliphatic rings. The molecule has 1 unspecified atom stereocenters. The Morgan fingerprint density at radius 1 is 1.57 bits per heavy atom. The van der Waals surface area contributed by atoms with Gasteiger partial charge in [0.25, 0.3) is 0 Å². The maximum atomic E-state index is 11.4. The molecule has 0 aliphatic heterocycles. The minimum atomic E-state index is -1.93. The van der Waals surface area contributed by atoms with Crippen molar-refractivity contribution in [3.05, 3.63) is 35.7 Å². The van der Waals surface area contributed by atoms with E-state index in [2.05, 4.69) is 4.98 Å². The summed E-state index contributed by atoms with van der Waals surface area (Å²) in [4.78, 5) is 15.5. The SMILES string of the molecule is CC1=CC(=O)C(N)(O)c2cccnc21. The molecule has 0 spiro atoms. The van der Waals surface area contributed by atoms with Crippen molar-refractivity contribution in [1.29, 1.82) is 0 Å². The number of ketones is 1. The van der Waals surface area contributed by atoms with Gasteiger partial charge in [0.15, 0.2) is 0 Å². The average Bonchev–Trinajstić information content (AvgIpc) is 2.16. The number of aromatic nitrogens is 1. The van der Waals surface area contributed by atoms with Crippen molar-refractivity contribution in [3.8, 4) is 0 Å². The van der Waals surface area contributed by atoms with Crippen molar-refractivity contribution < 1.29 is 9.90 Å². The predicted octanol–water partition coefficient (Wildman–Crippen LogP) is 0.171. The lowest BCUT2D eigenvalue weighted by molar-refractivity contribution is -0.132. The van der Waals surface area contributed by atoms with Gasteiger partial charge < -0.3 is 5.11 Å². The van der Waals surface area contributed by atoms with E-state index in [1.165, 1.54) is 6.08 Å². The summed E-state index contributed by atoms with van der Waals surface area (Å²) in [5.74, 6) is -0.504. The Kier molecular flexibility index (Phi) is 1.77. The number of rotatable bonds is 0. The van der Waals surface area contributed by atoms with Crippen molar-refractivity contribution in [2.24, 2.45) is 5.73 Å². The van der Waals surface area contributed by atoms with Gasteiger partial charge in [0.05, 0.1) is 5.69 Å². The summed E-state index contributed by atoms with van der Waals surface area (Å²) in [5, 5.41) is 9.76. The molecule has 0 bridgehead atoms. The van der Waals surface area contributed by atoms with E-state index in [1.54, 1.807) is 25.3 Å². The van der Waals surface area contributed by atoms with Crippen molar-refractivity contribution in [3.63, 3.8) is 0 Å². The van der Waals surface area contributed by atoms with Gasteiger partial charge in [-0.15, -0.1) is 0 Å². The molecule has 0 aromatic carbocycles. The van der Waals surface area contributed by atoms with Crippen LogP contribution in [-0.2, 0) is 10.5 Å². The molecule has 4 heteroatoms. The molecule has 1 atom stereocenters. The molecule has 4 nitrogen and oxygen atoms in total. The first kappa shape index (κ1) is 9.05. The summed E-state index contributed by atoms with van der Waals surface area (Å²) in [7, 11) is 0. The van der Waals surface area contributed by atoms with Crippen LogP contribution < -0.4 is 5.73 Å². The number of nitrogens with zero attached hydrogens (tertiary/aromatic N) is 1. The van der Waals surface area contributed by atoms with Gasteiger partial charge in [0, 0.05) is 11.8 Å². The quantitative estimate of drug-likeness (QED) is 0.572. The molecule has 0 saturated carbocycles. The molecule has 2 rings (SSSR count). The van der Waals surface area contributed by atoms with Crippen molar-refractivity contribution in [2.75, 3.05) is 0 Å². The summed E-state index contributed by atoms with van der Waals surface area (Å²) in [6, 6.07) is 3.25. The minimum absolute atomic E-state index is 0.366. The van der Waals surface area contributed by atoms with E-state index in [0.29, 0.717) is 11.3 Å². The molecule has 1 aliphatic carbocycles. The van der Waals surface area contributed by atoms with Crippen LogP contribution in [0.4, 0.5) is 0 Å². The molecular formula is C10H10N2O2. The maximum absolute atomic E-state index is 11.4. The molecule has 14 heavy (non-hydrogen) atoms. The van der Waals surface area contributed by atoms with Crippen LogP contribution in [0.15, 0.2) is 24.4 Å². The van der Waals surface area contributed by atoms with Crippen LogP contribution in [0.5, 0.6) is 0 Å². The largest absolute Gasteiger partial charge is 0.365 e. The second-order valence-corrected chi connectivity index (χ2v) is 3.36. The molecule has 0 radical (unpaired) electrons. The molecule has 0 amide bonds. The Labute approximate surface area is 81.1 Å². The lowest BCUT2D eigenvalue weighted by atomic mass is 9.88. The third kappa shape index (κ3) is 1.08. The van der Waals surface area contributed by atoms with Crippen molar-refractivity contribution in [1.82, 2.24) is 4.98 Å².